The number of furan rings is 2. The normalized spacial score (nSPS) is 17.0. The second-order valence-corrected chi connectivity index (χ2v) is 15.7. The molecule has 0 spiro atoms. The summed E-state index contributed by atoms with van der Waals surface area (Å²) in [4.78, 5) is 0. The average Bonchev–Trinajstić information content (AvgIpc) is 3.90. The molecule has 5 nitrogen and oxygen atoms in total. The molecule has 0 radical (unpaired) electrons. The summed E-state index contributed by atoms with van der Waals surface area (Å²) >= 11 is 0. The lowest BCUT2D eigenvalue weighted by Crippen LogP contribution is -2.54. The lowest BCUT2D eigenvalue weighted by atomic mass is 9.91. The zero-order chi connectivity index (χ0) is 39.6. The first-order valence-electron chi connectivity index (χ1n) is 20.6. The maximum Gasteiger partial charge on any atom is 0.143 e. The molecule has 0 amide bonds. The van der Waals surface area contributed by atoms with Gasteiger partial charge in [0.05, 0.1) is 18.5 Å². The summed E-state index contributed by atoms with van der Waals surface area (Å²) in [5.74, 6) is 0. The molecule has 3 atom stereocenters. The molecule has 2 aromatic heterocycles. The maximum absolute atomic E-state index is 6.67. The molecule has 11 aromatic rings. The van der Waals surface area contributed by atoms with Gasteiger partial charge in [0.2, 0.25) is 0 Å². The van der Waals surface area contributed by atoms with E-state index in [1.54, 1.807) is 0 Å². The van der Waals surface area contributed by atoms with Crippen molar-refractivity contribution in [2.24, 2.45) is 0 Å². The van der Waals surface area contributed by atoms with Gasteiger partial charge in [0, 0.05) is 27.1 Å². The Morgan fingerprint density at radius 3 is 1.82 bits per heavy atom. The van der Waals surface area contributed by atoms with Crippen LogP contribution < -0.4 is 16.0 Å². The minimum absolute atomic E-state index is 0.0870. The Morgan fingerprint density at radius 2 is 0.950 bits per heavy atom. The van der Waals surface area contributed by atoms with Crippen molar-refractivity contribution >= 4 is 54.6 Å². The van der Waals surface area contributed by atoms with Gasteiger partial charge in [-0.1, -0.05) is 170 Å². The minimum atomic E-state index is -0.152. The molecule has 0 aliphatic carbocycles. The van der Waals surface area contributed by atoms with Gasteiger partial charge >= 0.3 is 0 Å². The van der Waals surface area contributed by atoms with Gasteiger partial charge in [-0.2, -0.15) is 0 Å². The molecule has 1 aliphatic heterocycles. The Morgan fingerprint density at radius 1 is 0.317 bits per heavy atom. The van der Waals surface area contributed by atoms with E-state index in [0.717, 1.165) is 60.6 Å². The van der Waals surface area contributed by atoms with E-state index in [1.807, 2.05) is 12.1 Å². The quantitative estimate of drug-likeness (QED) is 0.157. The second kappa shape index (κ2) is 14.2. The Bertz CT molecular complexity index is 3390. The van der Waals surface area contributed by atoms with Crippen molar-refractivity contribution in [3.8, 4) is 33.4 Å². The molecule has 286 valence electrons. The van der Waals surface area contributed by atoms with Crippen molar-refractivity contribution in [3.05, 3.63) is 217 Å². The first-order chi connectivity index (χ1) is 29.7. The number of hydrogen-bond acceptors (Lipinski definition) is 5. The fourth-order valence-corrected chi connectivity index (χ4v) is 9.38. The fourth-order valence-electron chi connectivity index (χ4n) is 9.38. The average molecular weight is 774 g/mol. The summed E-state index contributed by atoms with van der Waals surface area (Å²) in [6, 6.07) is 71.0. The molecule has 12 rings (SSSR count). The Balaban J connectivity index is 0.950. The third-order valence-corrected chi connectivity index (χ3v) is 12.2. The first-order valence-corrected chi connectivity index (χ1v) is 20.6. The molecule has 3 heterocycles. The van der Waals surface area contributed by atoms with Crippen molar-refractivity contribution in [2.45, 2.75) is 18.5 Å². The maximum atomic E-state index is 6.67. The van der Waals surface area contributed by atoms with Crippen molar-refractivity contribution in [3.63, 3.8) is 0 Å². The number of para-hydroxylation sites is 2. The highest BCUT2D eigenvalue weighted by Crippen LogP contribution is 2.43. The van der Waals surface area contributed by atoms with Gasteiger partial charge in [-0.15, -0.1) is 0 Å². The monoisotopic (exact) mass is 773 g/mol. The van der Waals surface area contributed by atoms with Crippen LogP contribution in [0.1, 0.15) is 35.2 Å². The van der Waals surface area contributed by atoms with Gasteiger partial charge in [0.1, 0.15) is 22.3 Å². The van der Waals surface area contributed by atoms with Gasteiger partial charge in [-0.25, -0.2) is 0 Å². The smallest absolute Gasteiger partial charge is 0.143 e. The van der Waals surface area contributed by atoms with E-state index in [9.17, 15) is 0 Å². The zero-order valence-electron chi connectivity index (χ0n) is 32.6. The number of fused-ring (bicyclic) bond motifs is 7. The lowest BCUT2D eigenvalue weighted by Gasteiger charge is -2.40. The highest BCUT2D eigenvalue weighted by atomic mass is 16.3. The van der Waals surface area contributed by atoms with E-state index in [2.05, 4.69) is 204 Å². The molecule has 1 aliphatic rings. The molecule has 1 saturated heterocycles. The highest BCUT2D eigenvalue weighted by molar-refractivity contribution is 6.16. The Kier molecular flexibility index (Phi) is 8.23. The predicted octanol–water partition coefficient (Wildman–Crippen LogP) is 13.8. The molecule has 60 heavy (non-hydrogen) atoms. The zero-order valence-corrected chi connectivity index (χ0v) is 32.6. The van der Waals surface area contributed by atoms with Crippen LogP contribution >= 0.6 is 0 Å². The predicted molar refractivity (Wildman–Crippen MR) is 245 cm³/mol. The standard InChI is InChI=1S/C55H39N3O2/c1-3-14-34(15-4-1)36-18-11-19-38(32-36)54-56-53(35-16-5-2-6-17-35)57-55(58-54)46-31-30-42(40-20-7-8-21-41(40)46)44-24-13-27-49-51(44)47-29-28-37(33-50(47)59-49)39-23-12-25-45-43-22-9-10-26-48(43)60-52(39)45/h1-33,53-58H. The Labute approximate surface area is 346 Å². The third-order valence-electron chi connectivity index (χ3n) is 12.2. The lowest BCUT2D eigenvalue weighted by molar-refractivity contribution is 0.204. The van der Waals surface area contributed by atoms with Crippen LogP contribution in [0.25, 0.3) is 88.0 Å². The van der Waals surface area contributed by atoms with Crippen LogP contribution in [0.5, 0.6) is 0 Å². The number of hydrogen-bond donors (Lipinski definition) is 3. The summed E-state index contributed by atoms with van der Waals surface area (Å²) in [5.41, 5.74) is 13.9. The largest absolute Gasteiger partial charge is 0.456 e. The van der Waals surface area contributed by atoms with Crippen LogP contribution in [-0.4, -0.2) is 0 Å². The van der Waals surface area contributed by atoms with E-state index in [1.165, 1.54) is 44.2 Å². The second-order valence-electron chi connectivity index (χ2n) is 15.7. The van der Waals surface area contributed by atoms with E-state index < -0.39 is 0 Å². The van der Waals surface area contributed by atoms with Crippen molar-refractivity contribution in [2.75, 3.05) is 0 Å². The number of benzene rings is 9. The summed E-state index contributed by atoms with van der Waals surface area (Å²) in [6.45, 7) is 0. The van der Waals surface area contributed by atoms with Crippen LogP contribution in [0.2, 0.25) is 0 Å². The summed E-state index contributed by atoms with van der Waals surface area (Å²) in [5, 5.41) is 18.6. The molecular formula is C55H39N3O2. The molecule has 5 heteroatoms. The molecular weight excluding hydrogens is 735 g/mol. The molecule has 0 bridgehead atoms. The van der Waals surface area contributed by atoms with Gasteiger partial charge < -0.3 is 8.83 Å². The van der Waals surface area contributed by atoms with Gasteiger partial charge in [0.15, 0.2) is 0 Å². The summed E-state index contributed by atoms with van der Waals surface area (Å²) in [6.07, 6.45) is -0.352. The van der Waals surface area contributed by atoms with Crippen molar-refractivity contribution in [1.29, 1.82) is 0 Å². The summed E-state index contributed by atoms with van der Waals surface area (Å²) in [7, 11) is 0. The molecule has 0 saturated carbocycles. The van der Waals surface area contributed by atoms with E-state index in [0.29, 0.717) is 0 Å². The van der Waals surface area contributed by atoms with Gasteiger partial charge in [-0.05, 0) is 85.6 Å². The fraction of sp³-hybridized carbons (Fsp3) is 0.0545. The van der Waals surface area contributed by atoms with Crippen LogP contribution in [0.3, 0.4) is 0 Å². The van der Waals surface area contributed by atoms with E-state index >= 15 is 0 Å². The van der Waals surface area contributed by atoms with Crippen LogP contribution in [0.4, 0.5) is 0 Å². The van der Waals surface area contributed by atoms with Crippen LogP contribution in [-0.2, 0) is 0 Å². The van der Waals surface area contributed by atoms with E-state index in [4.69, 9.17) is 8.83 Å². The molecule has 9 aromatic carbocycles. The van der Waals surface area contributed by atoms with E-state index in [-0.39, 0.29) is 18.5 Å². The van der Waals surface area contributed by atoms with Crippen molar-refractivity contribution < 1.29 is 8.83 Å². The highest BCUT2D eigenvalue weighted by Gasteiger charge is 2.31. The minimum Gasteiger partial charge on any atom is -0.456 e. The molecule has 3 unspecified atom stereocenters. The first kappa shape index (κ1) is 34.7. The molecule has 1 fully saturated rings. The number of rotatable bonds is 6. The summed E-state index contributed by atoms with van der Waals surface area (Å²) < 4.78 is 13.1. The Hall–Kier alpha value is -7.28. The van der Waals surface area contributed by atoms with Crippen molar-refractivity contribution in [1.82, 2.24) is 16.0 Å². The number of nitrogens with one attached hydrogen (secondary N) is 3. The van der Waals surface area contributed by atoms with Gasteiger partial charge in [-0.3, -0.25) is 16.0 Å². The van der Waals surface area contributed by atoms with Gasteiger partial charge in [0.25, 0.3) is 0 Å². The topological polar surface area (TPSA) is 62.4 Å². The molecule has 3 N–H and O–H groups in total. The third kappa shape index (κ3) is 5.82. The van der Waals surface area contributed by atoms with Crippen LogP contribution in [0.15, 0.2) is 209 Å². The SMILES string of the molecule is c1ccc(-c2cccc(C3NC(c4ccccc4)NC(c4ccc(-c5cccc6oc7cc(-c8cccc9c8oc8ccccc89)ccc7c56)c5ccccc45)N3)c2)cc1. The van der Waals surface area contributed by atoms with Crippen LogP contribution in [0, 0.1) is 0 Å².